The molecule has 0 aliphatic carbocycles. The highest BCUT2D eigenvalue weighted by atomic mass is 32.2. The molecule has 0 saturated carbocycles. The van der Waals surface area contributed by atoms with Crippen LogP contribution in [-0.2, 0) is 9.84 Å². The van der Waals surface area contributed by atoms with E-state index >= 15 is 0 Å². The minimum absolute atomic E-state index is 0.0942. The summed E-state index contributed by atoms with van der Waals surface area (Å²) in [7, 11) is -2.94. The smallest absolute Gasteiger partial charge is 0.150 e. The Hall–Kier alpha value is -0.130. The molecule has 0 radical (unpaired) electrons. The molecule has 0 aromatic carbocycles. The van der Waals surface area contributed by atoms with Gasteiger partial charge in [-0.05, 0) is 19.3 Å². The fourth-order valence-corrected chi connectivity index (χ4v) is 2.02. The zero-order valence-electron chi connectivity index (χ0n) is 8.81. The Balaban J connectivity index is 3.75. The normalized spacial score (nSPS) is 16.6. The van der Waals surface area contributed by atoms with Gasteiger partial charge < -0.3 is 10.2 Å². The molecule has 86 valence electrons. The van der Waals surface area contributed by atoms with Gasteiger partial charge in [0.2, 0.25) is 0 Å². The first-order valence-corrected chi connectivity index (χ1v) is 6.81. The van der Waals surface area contributed by atoms with Crippen molar-refractivity contribution in [2.45, 2.75) is 45.3 Å². The van der Waals surface area contributed by atoms with Crippen molar-refractivity contribution >= 4 is 9.84 Å². The first kappa shape index (κ1) is 13.9. The van der Waals surface area contributed by atoms with Crippen LogP contribution < -0.4 is 0 Å². The van der Waals surface area contributed by atoms with Gasteiger partial charge in [-0.15, -0.1) is 0 Å². The van der Waals surface area contributed by atoms with E-state index in [1.54, 1.807) is 13.8 Å². The minimum atomic E-state index is -2.94. The fraction of sp³-hybridized carbons (Fsp3) is 1.00. The number of hydrogen-bond donors (Lipinski definition) is 2. The first-order chi connectivity index (χ1) is 6.43. The van der Waals surface area contributed by atoms with Gasteiger partial charge in [0.05, 0.1) is 18.0 Å². The molecule has 2 N–H and O–H groups in total. The molecule has 0 aromatic rings. The molecule has 0 aliphatic rings. The van der Waals surface area contributed by atoms with E-state index in [0.29, 0.717) is 19.3 Å². The number of rotatable bonds is 7. The molecule has 5 heteroatoms. The molecule has 0 aliphatic heterocycles. The highest BCUT2D eigenvalue weighted by Crippen LogP contribution is 2.07. The standard InChI is InChI=1S/C9H20O4S/c1-3-8(10)9(11)6-5-7-14(12,13)4-2/h8-11H,3-7H2,1-2H3. The van der Waals surface area contributed by atoms with E-state index in [0.717, 1.165) is 0 Å². The van der Waals surface area contributed by atoms with Crippen LogP contribution in [0.1, 0.15) is 33.1 Å². The van der Waals surface area contributed by atoms with Crippen LogP contribution in [0.5, 0.6) is 0 Å². The monoisotopic (exact) mass is 224 g/mol. The Morgan fingerprint density at radius 1 is 1.14 bits per heavy atom. The van der Waals surface area contributed by atoms with Crippen LogP contribution in [0.2, 0.25) is 0 Å². The second-order valence-electron chi connectivity index (χ2n) is 3.42. The van der Waals surface area contributed by atoms with Crippen LogP contribution >= 0.6 is 0 Å². The topological polar surface area (TPSA) is 74.6 Å². The summed E-state index contributed by atoms with van der Waals surface area (Å²) in [4.78, 5) is 0. The molecule has 0 spiro atoms. The molecule has 0 fully saturated rings. The van der Waals surface area contributed by atoms with Crippen molar-refractivity contribution in [3.63, 3.8) is 0 Å². The Labute approximate surface area is 85.9 Å². The van der Waals surface area contributed by atoms with E-state index in [1.807, 2.05) is 0 Å². The van der Waals surface area contributed by atoms with Crippen LogP contribution in [0.3, 0.4) is 0 Å². The summed E-state index contributed by atoms with van der Waals surface area (Å²) in [5.41, 5.74) is 0. The second kappa shape index (κ2) is 6.37. The maximum atomic E-state index is 11.1. The summed E-state index contributed by atoms with van der Waals surface area (Å²) in [6.45, 7) is 3.38. The van der Waals surface area contributed by atoms with Crippen molar-refractivity contribution in [2.24, 2.45) is 0 Å². The van der Waals surface area contributed by atoms with Crippen LogP contribution in [-0.4, -0.2) is 42.3 Å². The third kappa shape index (κ3) is 5.57. The van der Waals surface area contributed by atoms with Gasteiger partial charge in [0.25, 0.3) is 0 Å². The maximum absolute atomic E-state index is 11.1. The van der Waals surface area contributed by atoms with Crippen molar-refractivity contribution in [1.82, 2.24) is 0 Å². The van der Waals surface area contributed by atoms with Gasteiger partial charge in [0.15, 0.2) is 0 Å². The fourth-order valence-electron chi connectivity index (χ4n) is 1.12. The lowest BCUT2D eigenvalue weighted by Gasteiger charge is -2.15. The van der Waals surface area contributed by atoms with E-state index in [1.165, 1.54) is 0 Å². The second-order valence-corrected chi connectivity index (χ2v) is 5.89. The molecule has 4 nitrogen and oxygen atoms in total. The van der Waals surface area contributed by atoms with Gasteiger partial charge in [-0.25, -0.2) is 8.42 Å². The highest BCUT2D eigenvalue weighted by Gasteiger charge is 2.15. The molecule has 0 heterocycles. The van der Waals surface area contributed by atoms with Gasteiger partial charge in [-0.2, -0.15) is 0 Å². The van der Waals surface area contributed by atoms with E-state index < -0.39 is 22.0 Å². The Morgan fingerprint density at radius 3 is 2.14 bits per heavy atom. The van der Waals surface area contributed by atoms with Crippen LogP contribution in [0, 0.1) is 0 Å². The van der Waals surface area contributed by atoms with Crippen molar-refractivity contribution in [1.29, 1.82) is 0 Å². The molecule has 0 rings (SSSR count). The largest absolute Gasteiger partial charge is 0.390 e. The summed E-state index contributed by atoms with van der Waals surface area (Å²) < 4.78 is 22.2. The molecule has 0 saturated heterocycles. The first-order valence-electron chi connectivity index (χ1n) is 4.99. The maximum Gasteiger partial charge on any atom is 0.150 e. The highest BCUT2D eigenvalue weighted by molar-refractivity contribution is 7.91. The van der Waals surface area contributed by atoms with Crippen molar-refractivity contribution in [3.8, 4) is 0 Å². The van der Waals surface area contributed by atoms with E-state index in [9.17, 15) is 18.6 Å². The summed E-state index contributed by atoms with van der Waals surface area (Å²) in [6.07, 6.45) is -0.295. The molecule has 2 unspecified atom stereocenters. The number of aliphatic hydroxyl groups is 2. The third-order valence-electron chi connectivity index (χ3n) is 2.26. The Bertz CT molecular complexity index is 235. The summed E-state index contributed by atoms with van der Waals surface area (Å²) in [5.74, 6) is 0.233. The number of sulfone groups is 1. The lowest BCUT2D eigenvalue weighted by Crippen LogP contribution is -2.25. The summed E-state index contributed by atoms with van der Waals surface area (Å²) >= 11 is 0. The average Bonchev–Trinajstić information content (AvgIpc) is 2.16. The predicted molar refractivity (Wildman–Crippen MR) is 55.9 cm³/mol. The number of hydrogen-bond acceptors (Lipinski definition) is 4. The number of aliphatic hydroxyl groups excluding tert-OH is 2. The van der Waals surface area contributed by atoms with Crippen molar-refractivity contribution in [2.75, 3.05) is 11.5 Å². The van der Waals surface area contributed by atoms with Crippen LogP contribution in [0.25, 0.3) is 0 Å². The SMILES string of the molecule is CCC(O)C(O)CCCS(=O)(=O)CC. The van der Waals surface area contributed by atoms with Crippen LogP contribution in [0.15, 0.2) is 0 Å². The lowest BCUT2D eigenvalue weighted by molar-refractivity contribution is 0.0126. The predicted octanol–water partition coefficient (Wildman–Crippen LogP) is 0.333. The zero-order chi connectivity index (χ0) is 11.2. The molecular formula is C9H20O4S. The Morgan fingerprint density at radius 2 is 1.71 bits per heavy atom. The third-order valence-corrected chi connectivity index (χ3v) is 4.05. The molecule has 0 aromatic heterocycles. The van der Waals surface area contributed by atoms with E-state index in [4.69, 9.17) is 0 Å². The van der Waals surface area contributed by atoms with Gasteiger partial charge >= 0.3 is 0 Å². The van der Waals surface area contributed by atoms with E-state index in [-0.39, 0.29) is 11.5 Å². The van der Waals surface area contributed by atoms with Gasteiger partial charge in [-0.1, -0.05) is 13.8 Å². The Kier molecular flexibility index (Phi) is 6.31. The zero-order valence-corrected chi connectivity index (χ0v) is 9.63. The van der Waals surface area contributed by atoms with Crippen molar-refractivity contribution < 1.29 is 18.6 Å². The van der Waals surface area contributed by atoms with Crippen LogP contribution in [0.4, 0.5) is 0 Å². The quantitative estimate of drug-likeness (QED) is 0.653. The summed E-state index contributed by atoms with van der Waals surface area (Å²) in [6, 6.07) is 0. The summed E-state index contributed by atoms with van der Waals surface area (Å²) in [5, 5.41) is 18.6. The average molecular weight is 224 g/mol. The van der Waals surface area contributed by atoms with Gasteiger partial charge in [0, 0.05) is 5.75 Å². The molecule has 14 heavy (non-hydrogen) atoms. The molecular weight excluding hydrogens is 204 g/mol. The minimum Gasteiger partial charge on any atom is -0.390 e. The molecule has 0 bridgehead atoms. The van der Waals surface area contributed by atoms with Gasteiger partial charge in [-0.3, -0.25) is 0 Å². The molecule has 0 amide bonds. The van der Waals surface area contributed by atoms with Crippen molar-refractivity contribution in [3.05, 3.63) is 0 Å². The van der Waals surface area contributed by atoms with Gasteiger partial charge in [0.1, 0.15) is 9.84 Å². The van der Waals surface area contributed by atoms with E-state index in [2.05, 4.69) is 0 Å². The lowest BCUT2D eigenvalue weighted by atomic mass is 10.1. The molecule has 2 atom stereocenters.